The highest BCUT2D eigenvalue weighted by Gasteiger charge is 2.67. The summed E-state index contributed by atoms with van der Waals surface area (Å²) in [5.74, 6) is -2.80. The number of alkyl halides is 3. The van der Waals surface area contributed by atoms with Crippen molar-refractivity contribution in [1.29, 1.82) is 0 Å². The van der Waals surface area contributed by atoms with E-state index < -0.39 is 12.1 Å². The van der Waals surface area contributed by atoms with Crippen LogP contribution in [0.4, 0.5) is 13.2 Å². The molecule has 3 saturated heterocycles. The topological polar surface area (TPSA) is 27.7 Å². The van der Waals surface area contributed by atoms with Crippen LogP contribution >= 0.6 is 0 Å². The van der Waals surface area contributed by atoms with E-state index in [4.69, 9.17) is 14.2 Å². The van der Waals surface area contributed by atoms with E-state index in [2.05, 4.69) is 0 Å². The molecule has 0 spiro atoms. The molecule has 2 bridgehead atoms. The Morgan fingerprint density at radius 1 is 1.07 bits per heavy atom. The summed E-state index contributed by atoms with van der Waals surface area (Å²) in [6.07, 6.45) is -3.01. The van der Waals surface area contributed by atoms with Gasteiger partial charge in [-0.3, -0.25) is 0 Å². The molecule has 0 atom stereocenters. The van der Waals surface area contributed by atoms with Gasteiger partial charge in [0.15, 0.2) is 0 Å². The van der Waals surface area contributed by atoms with Crippen LogP contribution in [0.1, 0.15) is 19.8 Å². The first-order chi connectivity index (χ1) is 6.93. The minimum atomic E-state index is -4.63. The van der Waals surface area contributed by atoms with E-state index in [-0.39, 0.29) is 25.2 Å². The Morgan fingerprint density at radius 2 is 1.53 bits per heavy atom. The Bertz CT molecular complexity index is 227. The molecule has 3 fully saturated rings. The van der Waals surface area contributed by atoms with Crippen LogP contribution in [-0.4, -0.2) is 32.0 Å². The molecule has 0 radical (unpaired) electrons. The van der Waals surface area contributed by atoms with Crippen molar-refractivity contribution < 1.29 is 27.4 Å². The molecular weight excluding hydrogens is 213 g/mol. The SMILES string of the molecule is CCCC12COC(C(F)(F)F)(OC1)OC2. The minimum absolute atomic E-state index is 0.0559. The van der Waals surface area contributed by atoms with Crippen LogP contribution in [0.25, 0.3) is 0 Å². The summed E-state index contributed by atoms with van der Waals surface area (Å²) in [7, 11) is 0. The summed E-state index contributed by atoms with van der Waals surface area (Å²) in [6, 6.07) is 0. The normalized spacial score (nSPS) is 40.8. The summed E-state index contributed by atoms with van der Waals surface area (Å²) < 4.78 is 51.8. The number of halogens is 3. The van der Waals surface area contributed by atoms with E-state index in [1.54, 1.807) is 0 Å². The van der Waals surface area contributed by atoms with Gasteiger partial charge in [-0.15, -0.1) is 0 Å². The Morgan fingerprint density at radius 3 is 1.87 bits per heavy atom. The first-order valence-corrected chi connectivity index (χ1v) is 4.92. The Labute approximate surface area is 85.5 Å². The highest BCUT2D eigenvalue weighted by molar-refractivity contribution is 4.90. The molecule has 3 aliphatic heterocycles. The standard InChI is InChI=1S/C9H13F3O3/c1-2-3-7-4-13-9(14-5-7,15-6-7)8(10,11)12/h2-6H2,1H3. The second-order valence-electron chi connectivity index (χ2n) is 4.17. The van der Waals surface area contributed by atoms with Crippen molar-refractivity contribution in [2.24, 2.45) is 5.41 Å². The van der Waals surface area contributed by atoms with E-state index in [1.807, 2.05) is 6.92 Å². The number of hydrogen-bond donors (Lipinski definition) is 0. The smallest absolute Gasteiger partial charge is 0.319 e. The predicted octanol–water partition coefficient (Wildman–Crippen LogP) is 2.07. The van der Waals surface area contributed by atoms with Gasteiger partial charge < -0.3 is 14.2 Å². The molecule has 0 aromatic rings. The zero-order valence-electron chi connectivity index (χ0n) is 8.39. The maximum Gasteiger partial charge on any atom is 0.473 e. The van der Waals surface area contributed by atoms with Gasteiger partial charge in [0.25, 0.3) is 0 Å². The van der Waals surface area contributed by atoms with Crippen molar-refractivity contribution in [2.75, 3.05) is 19.8 Å². The average molecular weight is 226 g/mol. The zero-order chi connectivity index (χ0) is 11.2. The van der Waals surface area contributed by atoms with Crippen LogP contribution in [0.15, 0.2) is 0 Å². The van der Waals surface area contributed by atoms with Crippen molar-refractivity contribution in [2.45, 2.75) is 31.9 Å². The fraction of sp³-hybridized carbons (Fsp3) is 1.00. The molecule has 6 heteroatoms. The van der Waals surface area contributed by atoms with Gasteiger partial charge in [-0.05, 0) is 6.42 Å². The van der Waals surface area contributed by atoms with Crippen LogP contribution in [0.2, 0.25) is 0 Å². The van der Waals surface area contributed by atoms with Crippen LogP contribution in [0, 0.1) is 5.41 Å². The zero-order valence-corrected chi connectivity index (χ0v) is 8.39. The summed E-state index contributed by atoms with van der Waals surface area (Å²) in [6.45, 7) is 2.13. The van der Waals surface area contributed by atoms with E-state index in [9.17, 15) is 13.2 Å². The first-order valence-electron chi connectivity index (χ1n) is 4.92. The maximum absolute atomic E-state index is 12.6. The Kier molecular flexibility index (Phi) is 2.48. The Balaban J connectivity index is 2.11. The summed E-state index contributed by atoms with van der Waals surface area (Å²) in [4.78, 5) is 0. The average Bonchev–Trinajstić information content (AvgIpc) is 2.19. The summed E-state index contributed by atoms with van der Waals surface area (Å²) >= 11 is 0. The molecule has 3 aliphatic rings. The first kappa shape index (κ1) is 11.2. The molecule has 0 aromatic heterocycles. The van der Waals surface area contributed by atoms with Crippen molar-refractivity contribution in [3.8, 4) is 0 Å². The molecular formula is C9H13F3O3. The lowest BCUT2D eigenvalue weighted by Crippen LogP contribution is -2.66. The second-order valence-corrected chi connectivity index (χ2v) is 4.17. The number of ether oxygens (including phenoxy) is 3. The van der Waals surface area contributed by atoms with Crippen LogP contribution in [0.3, 0.4) is 0 Å². The number of rotatable bonds is 2. The van der Waals surface area contributed by atoms with Gasteiger partial charge in [-0.1, -0.05) is 13.3 Å². The fourth-order valence-corrected chi connectivity index (χ4v) is 1.99. The molecule has 88 valence electrons. The molecule has 15 heavy (non-hydrogen) atoms. The third kappa shape index (κ3) is 1.64. The second kappa shape index (κ2) is 3.33. The van der Waals surface area contributed by atoms with Crippen LogP contribution < -0.4 is 0 Å². The molecule has 3 rings (SSSR count). The van der Waals surface area contributed by atoms with Gasteiger partial charge in [-0.2, -0.15) is 13.2 Å². The lowest BCUT2D eigenvalue weighted by molar-refractivity contribution is -0.541. The lowest BCUT2D eigenvalue weighted by atomic mass is 9.84. The van der Waals surface area contributed by atoms with Crippen molar-refractivity contribution in [3.05, 3.63) is 0 Å². The predicted molar refractivity (Wildman–Crippen MR) is 44.0 cm³/mol. The van der Waals surface area contributed by atoms with Gasteiger partial charge in [0.1, 0.15) is 0 Å². The molecule has 0 unspecified atom stereocenters. The van der Waals surface area contributed by atoms with Gasteiger partial charge in [0.05, 0.1) is 19.8 Å². The van der Waals surface area contributed by atoms with E-state index in [0.717, 1.165) is 12.8 Å². The Hall–Kier alpha value is -0.330. The quantitative estimate of drug-likeness (QED) is 0.721. The summed E-state index contributed by atoms with van der Waals surface area (Å²) in [5.41, 5.74) is -0.387. The number of hydrogen-bond acceptors (Lipinski definition) is 3. The van der Waals surface area contributed by atoms with Gasteiger partial charge in [0, 0.05) is 5.41 Å². The fourth-order valence-electron chi connectivity index (χ4n) is 1.99. The molecule has 0 N–H and O–H groups in total. The van der Waals surface area contributed by atoms with E-state index in [0.29, 0.717) is 0 Å². The maximum atomic E-state index is 12.6. The largest absolute Gasteiger partial charge is 0.473 e. The molecule has 0 amide bonds. The summed E-state index contributed by atoms with van der Waals surface area (Å²) in [5, 5.41) is 0. The van der Waals surface area contributed by atoms with Crippen LogP contribution in [0.5, 0.6) is 0 Å². The van der Waals surface area contributed by atoms with Crippen molar-refractivity contribution in [3.63, 3.8) is 0 Å². The molecule has 0 saturated carbocycles. The highest BCUT2D eigenvalue weighted by atomic mass is 19.4. The third-order valence-corrected chi connectivity index (χ3v) is 2.83. The lowest BCUT2D eigenvalue weighted by Gasteiger charge is -2.51. The molecule has 3 nitrogen and oxygen atoms in total. The van der Waals surface area contributed by atoms with Gasteiger partial charge in [-0.25, -0.2) is 0 Å². The number of fused-ring (bicyclic) bond motifs is 3. The monoisotopic (exact) mass is 226 g/mol. The van der Waals surface area contributed by atoms with E-state index in [1.165, 1.54) is 0 Å². The molecule has 0 aliphatic carbocycles. The highest BCUT2D eigenvalue weighted by Crippen LogP contribution is 2.48. The molecule has 0 aromatic carbocycles. The minimum Gasteiger partial charge on any atom is -0.319 e. The van der Waals surface area contributed by atoms with Gasteiger partial charge in [0.2, 0.25) is 0 Å². The van der Waals surface area contributed by atoms with Gasteiger partial charge >= 0.3 is 12.1 Å². The third-order valence-electron chi connectivity index (χ3n) is 2.83. The van der Waals surface area contributed by atoms with Crippen molar-refractivity contribution >= 4 is 0 Å². The van der Waals surface area contributed by atoms with Crippen molar-refractivity contribution in [1.82, 2.24) is 0 Å². The van der Waals surface area contributed by atoms with Crippen LogP contribution in [-0.2, 0) is 14.2 Å². The van der Waals surface area contributed by atoms with E-state index >= 15 is 0 Å². The molecule has 3 heterocycles.